The standard InChI is InChI=1S/C24H22N4O4S/c1-2-31-19-11-5-16(6-12-19)23-28-21(15-33-23)22(29)26-17-7-9-18(10-8-17)27-24(30)25-14-20-4-3-13-32-20/h3-13,15H,2,14H2,1H3,(H,26,29)(H2,25,27,30). The molecule has 3 N–H and O–H groups in total. The van der Waals surface area contributed by atoms with E-state index < -0.39 is 0 Å². The van der Waals surface area contributed by atoms with Crippen LogP contribution in [0.25, 0.3) is 10.6 Å². The van der Waals surface area contributed by atoms with Crippen LogP contribution in [0.5, 0.6) is 5.75 Å². The summed E-state index contributed by atoms with van der Waals surface area (Å²) >= 11 is 1.40. The van der Waals surface area contributed by atoms with Gasteiger partial charge in [-0.05, 0) is 67.6 Å². The summed E-state index contributed by atoms with van der Waals surface area (Å²) in [6.07, 6.45) is 1.55. The Balaban J connectivity index is 1.31. The summed E-state index contributed by atoms with van der Waals surface area (Å²) in [5, 5.41) is 10.7. The third-order valence-corrected chi connectivity index (χ3v) is 5.44. The number of carbonyl (C=O) groups excluding carboxylic acids is 2. The van der Waals surface area contributed by atoms with Gasteiger partial charge in [-0.1, -0.05) is 0 Å². The first-order valence-corrected chi connectivity index (χ1v) is 11.2. The van der Waals surface area contributed by atoms with Crippen LogP contribution in [0.4, 0.5) is 16.2 Å². The molecule has 33 heavy (non-hydrogen) atoms. The van der Waals surface area contributed by atoms with Crippen molar-refractivity contribution in [1.82, 2.24) is 10.3 Å². The molecule has 168 valence electrons. The first-order chi connectivity index (χ1) is 16.1. The number of nitrogens with zero attached hydrogens (tertiary/aromatic N) is 1. The molecule has 0 aliphatic rings. The van der Waals surface area contributed by atoms with Crippen molar-refractivity contribution in [2.24, 2.45) is 0 Å². The van der Waals surface area contributed by atoms with Crippen LogP contribution in [-0.4, -0.2) is 23.5 Å². The van der Waals surface area contributed by atoms with E-state index in [0.29, 0.717) is 36.0 Å². The number of urea groups is 1. The second-order valence-corrected chi connectivity index (χ2v) is 7.77. The monoisotopic (exact) mass is 462 g/mol. The van der Waals surface area contributed by atoms with E-state index in [9.17, 15) is 9.59 Å². The Morgan fingerprint density at radius 3 is 2.39 bits per heavy atom. The van der Waals surface area contributed by atoms with Gasteiger partial charge in [0, 0.05) is 22.3 Å². The summed E-state index contributed by atoms with van der Waals surface area (Å²) in [4.78, 5) is 29.0. The van der Waals surface area contributed by atoms with Crippen LogP contribution >= 0.6 is 11.3 Å². The molecule has 0 bridgehead atoms. The number of furan rings is 1. The molecule has 0 aliphatic heterocycles. The van der Waals surface area contributed by atoms with E-state index in [4.69, 9.17) is 9.15 Å². The van der Waals surface area contributed by atoms with Crippen molar-refractivity contribution in [3.8, 4) is 16.3 Å². The maximum absolute atomic E-state index is 12.6. The van der Waals surface area contributed by atoms with Crippen molar-refractivity contribution in [2.45, 2.75) is 13.5 Å². The van der Waals surface area contributed by atoms with E-state index in [2.05, 4.69) is 20.9 Å². The fraction of sp³-hybridized carbons (Fsp3) is 0.125. The van der Waals surface area contributed by atoms with E-state index >= 15 is 0 Å². The number of aromatic nitrogens is 1. The third-order valence-electron chi connectivity index (χ3n) is 4.55. The lowest BCUT2D eigenvalue weighted by molar-refractivity contribution is 0.102. The molecule has 0 fully saturated rings. The minimum Gasteiger partial charge on any atom is -0.494 e. The number of amides is 3. The second-order valence-electron chi connectivity index (χ2n) is 6.91. The summed E-state index contributed by atoms with van der Waals surface area (Å²) in [6.45, 7) is 2.83. The Morgan fingerprint density at radius 2 is 1.73 bits per heavy atom. The molecule has 9 heteroatoms. The SMILES string of the molecule is CCOc1ccc(-c2nc(C(=O)Nc3ccc(NC(=O)NCc4ccco4)cc3)cs2)cc1. The number of ether oxygens (including phenoxy) is 1. The lowest BCUT2D eigenvalue weighted by Crippen LogP contribution is -2.27. The Labute approximate surface area is 194 Å². The van der Waals surface area contributed by atoms with Gasteiger partial charge in [-0.15, -0.1) is 11.3 Å². The van der Waals surface area contributed by atoms with Gasteiger partial charge in [-0.25, -0.2) is 9.78 Å². The van der Waals surface area contributed by atoms with Gasteiger partial charge in [0.05, 0.1) is 19.4 Å². The van der Waals surface area contributed by atoms with E-state index in [1.165, 1.54) is 11.3 Å². The highest BCUT2D eigenvalue weighted by molar-refractivity contribution is 7.13. The normalized spacial score (nSPS) is 10.5. The molecule has 3 amide bonds. The molecule has 2 heterocycles. The molecule has 8 nitrogen and oxygen atoms in total. The number of hydrogen-bond acceptors (Lipinski definition) is 6. The van der Waals surface area contributed by atoms with E-state index in [-0.39, 0.29) is 11.9 Å². The van der Waals surface area contributed by atoms with E-state index in [0.717, 1.165) is 16.3 Å². The molecule has 0 spiro atoms. The van der Waals surface area contributed by atoms with Gasteiger partial charge in [-0.2, -0.15) is 0 Å². The first-order valence-electron chi connectivity index (χ1n) is 10.3. The number of anilines is 2. The Morgan fingerprint density at radius 1 is 1.00 bits per heavy atom. The molecule has 2 aromatic carbocycles. The average molecular weight is 463 g/mol. The minimum atomic E-state index is -0.354. The quantitative estimate of drug-likeness (QED) is 0.326. The number of rotatable bonds is 8. The Hall–Kier alpha value is -4.11. The van der Waals surface area contributed by atoms with Crippen molar-refractivity contribution in [1.29, 1.82) is 0 Å². The molecule has 2 aromatic heterocycles. The molecule has 0 saturated carbocycles. The lowest BCUT2D eigenvalue weighted by Gasteiger charge is -2.08. The summed E-state index contributed by atoms with van der Waals surface area (Å²) in [5.74, 6) is 1.15. The molecule has 0 atom stereocenters. The number of hydrogen-bond donors (Lipinski definition) is 3. The highest BCUT2D eigenvalue weighted by Gasteiger charge is 2.13. The third kappa shape index (κ3) is 5.98. The Kier molecular flexibility index (Phi) is 7.01. The van der Waals surface area contributed by atoms with Crippen molar-refractivity contribution >= 4 is 34.6 Å². The van der Waals surface area contributed by atoms with Crippen LogP contribution in [0, 0.1) is 0 Å². The summed E-state index contributed by atoms with van der Waals surface area (Å²) in [6, 6.07) is 17.6. The van der Waals surface area contributed by atoms with Gasteiger partial charge >= 0.3 is 6.03 Å². The average Bonchev–Trinajstić information content (AvgIpc) is 3.52. The predicted octanol–water partition coefficient (Wildman–Crippen LogP) is 5.38. The molecule has 0 saturated heterocycles. The van der Waals surface area contributed by atoms with Crippen LogP contribution in [-0.2, 0) is 6.54 Å². The highest BCUT2D eigenvalue weighted by atomic mass is 32.1. The summed E-state index contributed by atoms with van der Waals surface area (Å²) in [5.41, 5.74) is 2.44. The Bertz CT molecular complexity index is 1200. The van der Waals surface area contributed by atoms with Gasteiger partial charge in [0.25, 0.3) is 5.91 Å². The zero-order valence-electron chi connectivity index (χ0n) is 17.8. The van der Waals surface area contributed by atoms with Crippen LogP contribution in [0.1, 0.15) is 23.2 Å². The second kappa shape index (κ2) is 10.5. The number of benzene rings is 2. The van der Waals surface area contributed by atoms with Crippen molar-refractivity contribution in [3.63, 3.8) is 0 Å². The van der Waals surface area contributed by atoms with Crippen molar-refractivity contribution in [2.75, 3.05) is 17.2 Å². The van der Waals surface area contributed by atoms with Crippen molar-refractivity contribution in [3.05, 3.63) is 83.8 Å². The van der Waals surface area contributed by atoms with Crippen molar-refractivity contribution < 1.29 is 18.7 Å². The lowest BCUT2D eigenvalue weighted by atomic mass is 10.2. The molecule has 4 aromatic rings. The molecular formula is C24H22N4O4S. The van der Waals surface area contributed by atoms with Crippen LogP contribution in [0.2, 0.25) is 0 Å². The highest BCUT2D eigenvalue weighted by Crippen LogP contribution is 2.26. The van der Waals surface area contributed by atoms with E-state index in [1.807, 2.05) is 31.2 Å². The summed E-state index contributed by atoms with van der Waals surface area (Å²) < 4.78 is 10.6. The largest absolute Gasteiger partial charge is 0.494 e. The smallest absolute Gasteiger partial charge is 0.319 e. The maximum Gasteiger partial charge on any atom is 0.319 e. The van der Waals surface area contributed by atoms with Gasteiger partial charge in [-0.3, -0.25) is 4.79 Å². The maximum atomic E-state index is 12.6. The first kappa shape index (κ1) is 22.1. The number of nitrogens with one attached hydrogen (secondary N) is 3. The summed E-state index contributed by atoms with van der Waals surface area (Å²) in [7, 11) is 0. The van der Waals surface area contributed by atoms with Gasteiger partial charge in [0.1, 0.15) is 22.2 Å². The zero-order valence-corrected chi connectivity index (χ0v) is 18.6. The molecule has 0 unspecified atom stereocenters. The fourth-order valence-corrected chi connectivity index (χ4v) is 3.77. The molecular weight excluding hydrogens is 440 g/mol. The molecule has 0 aliphatic carbocycles. The van der Waals surface area contributed by atoms with E-state index in [1.54, 1.807) is 48.0 Å². The number of thiazole rings is 1. The fourth-order valence-electron chi connectivity index (χ4n) is 2.96. The predicted molar refractivity (Wildman–Crippen MR) is 128 cm³/mol. The van der Waals surface area contributed by atoms with Gasteiger partial charge in [0.2, 0.25) is 0 Å². The topological polar surface area (TPSA) is 105 Å². The minimum absolute atomic E-state index is 0.291. The zero-order chi connectivity index (χ0) is 23.0. The van der Waals surface area contributed by atoms with Crippen LogP contribution in [0.15, 0.2) is 76.7 Å². The van der Waals surface area contributed by atoms with Crippen LogP contribution < -0.4 is 20.7 Å². The molecule has 4 rings (SSSR count). The molecule has 0 radical (unpaired) electrons. The van der Waals surface area contributed by atoms with Gasteiger partial charge in [0.15, 0.2) is 0 Å². The number of carbonyl (C=O) groups is 2. The van der Waals surface area contributed by atoms with Gasteiger partial charge < -0.3 is 25.1 Å². The van der Waals surface area contributed by atoms with Crippen LogP contribution in [0.3, 0.4) is 0 Å².